The highest BCUT2D eigenvalue weighted by Gasteiger charge is 2.25. The smallest absolute Gasteiger partial charge is 0.160 e. The topological polar surface area (TPSA) is 27.7 Å². The molecule has 0 N–H and O–H groups in total. The first kappa shape index (κ1) is 23.0. The van der Waals surface area contributed by atoms with Crippen molar-refractivity contribution in [2.75, 3.05) is 6.61 Å². The molecular weight excluding hydrogens is 454 g/mol. The first-order valence-corrected chi connectivity index (χ1v) is 11.3. The highest BCUT2D eigenvalue weighted by molar-refractivity contribution is 6.35. The van der Waals surface area contributed by atoms with Gasteiger partial charge in [0.1, 0.15) is 17.9 Å². The number of rotatable bonds is 9. The Morgan fingerprint density at radius 1 is 1.00 bits per heavy atom. The molecule has 1 fully saturated rings. The van der Waals surface area contributed by atoms with Crippen LogP contribution in [0.3, 0.4) is 0 Å². The van der Waals surface area contributed by atoms with Crippen LogP contribution in [0.25, 0.3) is 0 Å². The number of alkyl halides is 1. The Kier molecular flexibility index (Phi) is 9.23. The van der Waals surface area contributed by atoms with Crippen LogP contribution in [-0.2, 0) is 15.9 Å². The van der Waals surface area contributed by atoms with Crippen LogP contribution < -0.4 is 4.74 Å². The van der Waals surface area contributed by atoms with Crippen molar-refractivity contribution in [3.63, 3.8) is 0 Å². The van der Waals surface area contributed by atoms with Crippen molar-refractivity contribution in [2.24, 2.45) is 0 Å². The van der Waals surface area contributed by atoms with Gasteiger partial charge in [0.25, 0.3) is 0 Å². The SMILES string of the molecule is Clc1ccc(CCCC(Cl)OC2CCCC(COc3ccc(Cl)cc3Cl)O2)cc1. The molecule has 1 aliphatic heterocycles. The van der Waals surface area contributed by atoms with Gasteiger partial charge in [-0.15, -0.1) is 0 Å². The number of benzene rings is 2. The molecular formula is C22H24Cl4O3. The zero-order chi connectivity index (χ0) is 20.6. The summed E-state index contributed by atoms with van der Waals surface area (Å²) >= 11 is 24.3. The van der Waals surface area contributed by atoms with Crippen molar-refractivity contribution in [2.45, 2.75) is 56.5 Å². The quantitative estimate of drug-likeness (QED) is 0.349. The van der Waals surface area contributed by atoms with E-state index in [9.17, 15) is 0 Å². The van der Waals surface area contributed by atoms with Gasteiger partial charge in [-0.2, -0.15) is 0 Å². The van der Waals surface area contributed by atoms with Crippen LogP contribution in [0, 0.1) is 0 Å². The molecule has 1 aliphatic rings. The number of hydrogen-bond acceptors (Lipinski definition) is 3. The zero-order valence-corrected chi connectivity index (χ0v) is 19.0. The Morgan fingerprint density at radius 2 is 1.76 bits per heavy atom. The van der Waals surface area contributed by atoms with Gasteiger partial charge in [-0.3, -0.25) is 0 Å². The van der Waals surface area contributed by atoms with Gasteiger partial charge in [-0.1, -0.05) is 58.5 Å². The Balaban J connectivity index is 1.37. The second-order valence-electron chi connectivity index (χ2n) is 7.07. The molecule has 0 bridgehead atoms. The number of ether oxygens (including phenoxy) is 3. The average molecular weight is 478 g/mol. The van der Waals surface area contributed by atoms with Gasteiger partial charge in [-0.05, 0) is 74.4 Å². The maximum absolute atomic E-state index is 6.38. The Bertz CT molecular complexity index is 769. The largest absolute Gasteiger partial charge is 0.489 e. The zero-order valence-electron chi connectivity index (χ0n) is 16.0. The van der Waals surface area contributed by atoms with E-state index in [0.717, 1.165) is 43.5 Å². The molecule has 0 aromatic heterocycles. The van der Waals surface area contributed by atoms with E-state index in [1.165, 1.54) is 5.56 Å². The van der Waals surface area contributed by atoms with E-state index in [1.807, 2.05) is 24.3 Å². The summed E-state index contributed by atoms with van der Waals surface area (Å²) in [5.41, 5.74) is 0.864. The lowest BCUT2D eigenvalue weighted by molar-refractivity contribution is -0.207. The van der Waals surface area contributed by atoms with Gasteiger partial charge in [0.2, 0.25) is 0 Å². The molecule has 7 heteroatoms. The average Bonchev–Trinajstić information content (AvgIpc) is 2.69. The molecule has 0 aliphatic carbocycles. The Hall–Kier alpha value is -0.680. The summed E-state index contributed by atoms with van der Waals surface area (Å²) in [5.74, 6) is 0.597. The fraction of sp³-hybridized carbons (Fsp3) is 0.455. The van der Waals surface area contributed by atoms with Crippen molar-refractivity contribution in [1.29, 1.82) is 0 Å². The molecule has 0 radical (unpaired) electrons. The van der Waals surface area contributed by atoms with Crippen LogP contribution in [0.4, 0.5) is 0 Å². The van der Waals surface area contributed by atoms with Gasteiger partial charge >= 0.3 is 0 Å². The van der Waals surface area contributed by atoms with E-state index in [0.29, 0.717) is 22.4 Å². The molecule has 3 unspecified atom stereocenters. The van der Waals surface area contributed by atoms with Crippen molar-refractivity contribution >= 4 is 46.4 Å². The van der Waals surface area contributed by atoms with Crippen molar-refractivity contribution in [3.05, 3.63) is 63.1 Å². The fourth-order valence-corrected chi connectivity index (χ4v) is 4.07. The van der Waals surface area contributed by atoms with Crippen LogP contribution in [0.15, 0.2) is 42.5 Å². The van der Waals surface area contributed by atoms with E-state index in [4.69, 9.17) is 60.6 Å². The third kappa shape index (κ3) is 7.82. The maximum Gasteiger partial charge on any atom is 0.160 e. The highest BCUT2D eigenvalue weighted by Crippen LogP contribution is 2.29. The summed E-state index contributed by atoms with van der Waals surface area (Å²) in [7, 11) is 0. The predicted molar refractivity (Wildman–Crippen MR) is 120 cm³/mol. The lowest BCUT2D eigenvalue weighted by Gasteiger charge is -2.31. The molecule has 158 valence electrons. The molecule has 2 aromatic rings. The minimum absolute atomic E-state index is 0.0570. The summed E-state index contributed by atoms with van der Waals surface area (Å²) in [6, 6.07) is 13.0. The lowest BCUT2D eigenvalue weighted by Crippen LogP contribution is -2.35. The Morgan fingerprint density at radius 3 is 2.52 bits per heavy atom. The minimum atomic E-state index is -0.377. The van der Waals surface area contributed by atoms with E-state index in [1.54, 1.807) is 18.2 Å². The first-order chi connectivity index (χ1) is 14.0. The van der Waals surface area contributed by atoms with Crippen molar-refractivity contribution < 1.29 is 14.2 Å². The van der Waals surface area contributed by atoms with Crippen molar-refractivity contribution in [3.8, 4) is 5.75 Å². The highest BCUT2D eigenvalue weighted by atomic mass is 35.5. The van der Waals surface area contributed by atoms with Crippen LogP contribution in [0.2, 0.25) is 15.1 Å². The summed E-state index contributed by atoms with van der Waals surface area (Å²) in [4.78, 5) is 0. The van der Waals surface area contributed by atoms with Gasteiger partial charge in [0.05, 0.1) is 11.1 Å². The van der Waals surface area contributed by atoms with Gasteiger partial charge in [0, 0.05) is 10.0 Å². The number of hydrogen-bond donors (Lipinski definition) is 0. The van der Waals surface area contributed by atoms with Crippen LogP contribution >= 0.6 is 46.4 Å². The monoisotopic (exact) mass is 476 g/mol. The predicted octanol–water partition coefficient (Wildman–Crippen LogP) is 7.53. The van der Waals surface area contributed by atoms with E-state index < -0.39 is 0 Å². The molecule has 3 rings (SSSR count). The second-order valence-corrected chi connectivity index (χ2v) is 8.84. The summed E-state index contributed by atoms with van der Waals surface area (Å²) in [6.07, 6.45) is 5.01. The third-order valence-electron chi connectivity index (χ3n) is 4.74. The summed E-state index contributed by atoms with van der Waals surface area (Å²) < 4.78 is 17.7. The summed E-state index contributed by atoms with van der Waals surface area (Å²) in [6.45, 7) is 0.407. The number of aryl methyl sites for hydroxylation is 1. The van der Waals surface area contributed by atoms with E-state index in [2.05, 4.69) is 0 Å². The fourth-order valence-electron chi connectivity index (χ4n) is 3.21. The molecule has 1 saturated heterocycles. The molecule has 2 aromatic carbocycles. The van der Waals surface area contributed by atoms with Crippen LogP contribution in [0.1, 0.15) is 37.7 Å². The van der Waals surface area contributed by atoms with Gasteiger partial charge in [0.15, 0.2) is 6.29 Å². The van der Waals surface area contributed by atoms with Crippen molar-refractivity contribution in [1.82, 2.24) is 0 Å². The maximum atomic E-state index is 6.38. The van der Waals surface area contributed by atoms with E-state index >= 15 is 0 Å². The lowest BCUT2D eigenvalue weighted by atomic mass is 10.1. The first-order valence-electron chi connectivity index (χ1n) is 9.77. The number of halogens is 4. The third-order valence-corrected chi connectivity index (χ3v) is 5.84. The van der Waals surface area contributed by atoms with Gasteiger partial charge < -0.3 is 14.2 Å². The molecule has 29 heavy (non-hydrogen) atoms. The normalized spacial score (nSPS) is 20.4. The standard InChI is InChI=1S/C22H24Cl4O3/c23-16-9-7-15(8-10-16)3-1-5-21(26)29-22-6-2-4-18(28-22)14-27-20-12-11-17(24)13-19(20)25/h7-13,18,21-22H,1-6,14H2. The molecule has 1 heterocycles. The second kappa shape index (κ2) is 11.6. The van der Waals surface area contributed by atoms with E-state index in [-0.39, 0.29) is 18.0 Å². The molecule has 3 nitrogen and oxygen atoms in total. The summed E-state index contributed by atoms with van der Waals surface area (Å²) in [5, 5.41) is 1.81. The molecule has 0 spiro atoms. The van der Waals surface area contributed by atoms with Crippen LogP contribution in [-0.4, -0.2) is 24.6 Å². The van der Waals surface area contributed by atoms with Gasteiger partial charge in [-0.25, -0.2) is 0 Å². The molecule has 0 amide bonds. The van der Waals surface area contributed by atoms with Crippen LogP contribution in [0.5, 0.6) is 5.75 Å². The molecule has 0 saturated carbocycles. The minimum Gasteiger partial charge on any atom is -0.489 e. The Labute approximate surface area is 192 Å². The molecule has 3 atom stereocenters.